The summed E-state index contributed by atoms with van der Waals surface area (Å²) >= 11 is 15.4. The van der Waals surface area contributed by atoms with Crippen LogP contribution >= 0.6 is 39.1 Å². The van der Waals surface area contributed by atoms with Crippen LogP contribution in [0.25, 0.3) is 0 Å². The van der Waals surface area contributed by atoms with E-state index in [0.29, 0.717) is 16.6 Å². The average Bonchev–Trinajstić information content (AvgIpc) is 2.25. The maximum atomic E-state index is 9.13. The Morgan fingerprint density at radius 1 is 1.31 bits per heavy atom. The lowest BCUT2D eigenvalue weighted by Gasteiger charge is -2.23. The Bertz CT molecular complexity index is 382. The van der Waals surface area contributed by atoms with E-state index in [1.165, 1.54) is 0 Å². The maximum Gasteiger partial charge on any atom is 0.0835 e. The summed E-state index contributed by atoms with van der Waals surface area (Å²) in [5.41, 5.74) is 0.583. The van der Waals surface area contributed by atoms with Crippen molar-refractivity contribution in [3.05, 3.63) is 26.7 Å². The van der Waals surface area contributed by atoms with Gasteiger partial charge in [-0.25, -0.2) is 0 Å². The Balaban J connectivity index is 2.80. The van der Waals surface area contributed by atoms with E-state index in [1.54, 1.807) is 0 Å². The van der Waals surface area contributed by atoms with Gasteiger partial charge in [0, 0.05) is 23.0 Å². The number of hydrogen-bond donors (Lipinski definition) is 2. The molecule has 2 N–H and O–H groups in total. The molecule has 90 valence electrons. The van der Waals surface area contributed by atoms with Gasteiger partial charge in [0.05, 0.1) is 15.7 Å². The first-order valence-corrected chi connectivity index (χ1v) is 6.40. The molecule has 0 spiro atoms. The molecule has 5 heteroatoms. The molecular formula is C11H14BrCl2NO. The molecule has 2 nitrogen and oxygen atoms in total. The smallest absolute Gasteiger partial charge is 0.0835 e. The standard InChI is InChI=1S/C11H14BrCl2NO/c1-11(2,6-16)5-15-8-4-3-7(12)9(13)10(8)14/h3-4,15-16H,5-6H2,1-2H3. The maximum absolute atomic E-state index is 9.13. The summed E-state index contributed by atoms with van der Waals surface area (Å²) in [4.78, 5) is 0. The quantitative estimate of drug-likeness (QED) is 0.813. The summed E-state index contributed by atoms with van der Waals surface area (Å²) in [7, 11) is 0. The summed E-state index contributed by atoms with van der Waals surface area (Å²) in [5, 5.41) is 13.3. The first-order chi connectivity index (χ1) is 7.37. The second kappa shape index (κ2) is 5.58. The molecule has 1 rings (SSSR count). The first kappa shape index (κ1) is 14.1. The van der Waals surface area contributed by atoms with E-state index in [1.807, 2.05) is 26.0 Å². The van der Waals surface area contributed by atoms with E-state index in [-0.39, 0.29) is 12.0 Å². The van der Waals surface area contributed by atoms with Crippen LogP contribution < -0.4 is 5.32 Å². The zero-order valence-corrected chi connectivity index (χ0v) is 12.2. The van der Waals surface area contributed by atoms with Gasteiger partial charge in [-0.05, 0) is 28.1 Å². The number of benzene rings is 1. The van der Waals surface area contributed by atoms with Crippen LogP contribution in [0.5, 0.6) is 0 Å². The van der Waals surface area contributed by atoms with E-state index >= 15 is 0 Å². The minimum atomic E-state index is -0.192. The van der Waals surface area contributed by atoms with E-state index in [4.69, 9.17) is 28.3 Å². The van der Waals surface area contributed by atoms with Gasteiger partial charge in [-0.1, -0.05) is 37.0 Å². The summed E-state index contributed by atoms with van der Waals surface area (Å²) < 4.78 is 0.770. The number of anilines is 1. The third-order valence-corrected chi connectivity index (χ3v) is 3.99. The summed E-state index contributed by atoms with van der Waals surface area (Å²) in [6.45, 7) is 4.67. The van der Waals surface area contributed by atoms with E-state index in [9.17, 15) is 0 Å². The first-order valence-electron chi connectivity index (χ1n) is 4.85. The minimum Gasteiger partial charge on any atom is -0.396 e. The molecule has 0 saturated carbocycles. The van der Waals surface area contributed by atoms with E-state index in [2.05, 4.69) is 21.2 Å². The molecule has 0 aromatic heterocycles. The van der Waals surface area contributed by atoms with Gasteiger partial charge in [-0.2, -0.15) is 0 Å². The Morgan fingerprint density at radius 3 is 2.50 bits per heavy atom. The molecule has 0 radical (unpaired) electrons. The molecule has 0 aliphatic carbocycles. The van der Waals surface area contributed by atoms with Crippen LogP contribution in [0, 0.1) is 5.41 Å². The third-order valence-electron chi connectivity index (χ3n) is 2.22. The van der Waals surface area contributed by atoms with Gasteiger partial charge in [0.15, 0.2) is 0 Å². The highest BCUT2D eigenvalue weighted by Crippen LogP contribution is 2.36. The molecule has 1 aromatic carbocycles. The second-order valence-corrected chi connectivity index (χ2v) is 6.01. The topological polar surface area (TPSA) is 32.3 Å². The van der Waals surface area contributed by atoms with Crippen LogP contribution in [0.4, 0.5) is 5.69 Å². The van der Waals surface area contributed by atoms with Gasteiger partial charge in [-0.15, -0.1) is 0 Å². The van der Waals surface area contributed by atoms with Gasteiger partial charge in [-0.3, -0.25) is 0 Å². The lowest BCUT2D eigenvalue weighted by Crippen LogP contribution is -2.26. The fourth-order valence-corrected chi connectivity index (χ4v) is 1.89. The molecule has 0 aliphatic heterocycles. The number of aliphatic hydroxyl groups is 1. The molecule has 0 fully saturated rings. The highest BCUT2D eigenvalue weighted by molar-refractivity contribution is 9.10. The average molecular weight is 327 g/mol. The lowest BCUT2D eigenvalue weighted by molar-refractivity contribution is 0.171. The SMILES string of the molecule is CC(C)(CO)CNc1ccc(Br)c(Cl)c1Cl. The van der Waals surface area contributed by atoms with Crippen molar-refractivity contribution in [3.8, 4) is 0 Å². The second-order valence-electron chi connectivity index (χ2n) is 4.40. The largest absolute Gasteiger partial charge is 0.396 e. The summed E-state index contributed by atoms with van der Waals surface area (Å²) in [5.74, 6) is 0. The molecule has 0 heterocycles. The van der Waals surface area contributed by atoms with Crippen molar-refractivity contribution < 1.29 is 5.11 Å². The zero-order valence-electron chi connectivity index (χ0n) is 9.15. The fraction of sp³-hybridized carbons (Fsp3) is 0.455. The zero-order chi connectivity index (χ0) is 12.3. The van der Waals surface area contributed by atoms with Crippen molar-refractivity contribution in [1.82, 2.24) is 0 Å². The van der Waals surface area contributed by atoms with Crippen molar-refractivity contribution in [3.63, 3.8) is 0 Å². The lowest BCUT2D eigenvalue weighted by atomic mass is 9.95. The molecule has 0 bridgehead atoms. The predicted molar refractivity (Wildman–Crippen MR) is 73.5 cm³/mol. The Kier molecular flexibility index (Phi) is 4.92. The van der Waals surface area contributed by atoms with Crippen LogP contribution in [0.3, 0.4) is 0 Å². The highest BCUT2D eigenvalue weighted by atomic mass is 79.9. The monoisotopic (exact) mass is 325 g/mol. The fourth-order valence-electron chi connectivity index (χ4n) is 1.05. The minimum absolute atomic E-state index is 0.113. The van der Waals surface area contributed by atoms with Crippen LogP contribution in [0.2, 0.25) is 10.0 Å². The van der Waals surface area contributed by atoms with Crippen LogP contribution in [-0.2, 0) is 0 Å². The van der Waals surface area contributed by atoms with Gasteiger partial charge in [0.25, 0.3) is 0 Å². The van der Waals surface area contributed by atoms with E-state index < -0.39 is 0 Å². The van der Waals surface area contributed by atoms with Crippen molar-refractivity contribution in [2.45, 2.75) is 13.8 Å². The molecule has 0 aliphatic rings. The summed E-state index contributed by atoms with van der Waals surface area (Å²) in [6.07, 6.45) is 0. The van der Waals surface area contributed by atoms with Crippen LogP contribution in [0.1, 0.15) is 13.8 Å². The molecule has 16 heavy (non-hydrogen) atoms. The van der Waals surface area contributed by atoms with Gasteiger partial charge in [0.2, 0.25) is 0 Å². The highest BCUT2D eigenvalue weighted by Gasteiger charge is 2.17. The Labute approximate surface area is 114 Å². The van der Waals surface area contributed by atoms with E-state index in [0.717, 1.165) is 10.2 Å². The Hall–Kier alpha value is 0.0400. The third kappa shape index (κ3) is 3.52. The van der Waals surface area contributed by atoms with Crippen LogP contribution in [0.15, 0.2) is 16.6 Å². The van der Waals surface area contributed by atoms with Crippen molar-refractivity contribution in [1.29, 1.82) is 0 Å². The molecule has 1 aromatic rings. The normalized spacial score (nSPS) is 11.6. The molecular weight excluding hydrogens is 313 g/mol. The van der Waals surface area contributed by atoms with Gasteiger partial charge in [0.1, 0.15) is 0 Å². The molecule has 0 amide bonds. The number of halogens is 3. The van der Waals surface area contributed by atoms with Gasteiger partial charge < -0.3 is 10.4 Å². The number of hydrogen-bond acceptors (Lipinski definition) is 2. The van der Waals surface area contributed by atoms with Crippen molar-refractivity contribution in [2.75, 3.05) is 18.5 Å². The van der Waals surface area contributed by atoms with Crippen molar-refractivity contribution in [2.24, 2.45) is 5.41 Å². The predicted octanol–water partition coefficient (Wildman–Crippen LogP) is 4.19. The van der Waals surface area contributed by atoms with Crippen LogP contribution in [-0.4, -0.2) is 18.3 Å². The Morgan fingerprint density at radius 2 is 1.94 bits per heavy atom. The molecule has 0 unspecified atom stereocenters. The number of nitrogens with one attached hydrogen (secondary N) is 1. The molecule has 0 saturated heterocycles. The number of rotatable bonds is 4. The number of aliphatic hydroxyl groups excluding tert-OH is 1. The summed E-state index contributed by atoms with van der Waals surface area (Å²) in [6, 6.07) is 3.69. The molecule has 0 atom stereocenters. The van der Waals surface area contributed by atoms with Crippen molar-refractivity contribution >= 4 is 44.8 Å². The van der Waals surface area contributed by atoms with Gasteiger partial charge >= 0.3 is 0 Å².